The average Bonchev–Trinajstić information content (AvgIpc) is 3.38. The molecular weight excluding hydrogens is 398 g/mol. The Morgan fingerprint density at radius 2 is 1.97 bits per heavy atom. The fraction of sp³-hybridized carbons (Fsp3) is 0.346. The molecular formula is C26H29N5O. The number of rotatable bonds is 8. The highest BCUT2D eigenvalue weighted by atomic mass is 16.2. The SMILES string of the molecule is N#Cc1ccc(CCN[C@H](C(=O)Nc2ccc(N3CCCC3)cn2)C2C=CC=CC2)cc1. The van der Waals surface area contributed by atoms with Crippen LogP contribution in [0.5, 0.6) is 0 Å². The van der Waals surface area contributed by atoms with Crippen LogP contribution >= 0.6 is 0 Å². The van der Waals surface area contributed by atoms with Crippen LogP contribution in [0.2, 0.25) is 0 Å². The standard InChI is InChI=1S/C26H29N5O/c27-18-21-10-8-20(9-11-21)14-15-28-25(22-6-2-1-3-7-22)26(32)30-24-13-12-23(19-29-24)31-16-4-5-17-31/h1-3,6,8-13,19,22,25,28H,4-5,7,14-17H2,(H,29,30,32)/t22?,25-/m0/s1. The van der Waals surface area contributed by atoms with Crippen molar-refractivity contribution in [1.29, 1.82) is 5.26 Å². The van der Waals surface area contributed by atoms with E-state index in [-0.39, 0.29) is 17.9 Å². The Kier molecular flexibility index (Phi) is 7.31. The molecule has 32 heavy (non-hydrogen) atoms. The van der Waals surface area contributed by atoms with Gasteiger partial charge in [0.25, 0.3) is 0 Å². The molecule has 1 saturated heterocycles. The van der Waals surface area contributed by atoms with E-state index in [2.05, 4.69) is 38.7 Å². The Morgan fingerprint density at radius 1 is 1.16 bits per heavy atom. The van der Waals surface area contributed by atoms with Gasteiger partial charge in [0, 0.05) is 19.0 Å². The molecule has 2 aliphatic rings. The number of nitrogens with zero attached hydrogens (tertiary/aromatic N) is 3. The maximum Gasteiger partial charge on any atom is 0.243 e. The number of amides is 1. The molecule has 6 nitrogen and oxygen atoms in total. The molecule has 0 bridgehead atoms. The van der Waals surface area contributed by atoms with Crippen molar-refractivity contribution in [2.75, 3.05) is 29.9 Å². The predicted molar refractivity (Wildman–Crippen MR) is 127 cm³/mol. The highest BCUT2D eigenvalue weighted by Gasteiger charge is 2.26. The molecule has 0 spiro atoms. The number of carbonyl (C=O) groups excluding carboxylic acids is 1. The summed E-state index contributed by atoms with van der Waals surface area (Å²) in [4.78, 5) is 20.0. The number of hydrogen-bond donors (Lipinski definition) is 2. The van der Waals surface area contributed by atoms with Crippen molar-refractivity contribution in [3.05, 3.63) is 78.0 Å². The Bertz CT molecular complexity index is 998. The number of pyridine rings is 1. The summed E-state index contributed by atoms with van der Waals surface area (Å²) in [6, 6.07) is 13.3. The number of hydrogen-bond acceptors (Lipinski definition) is 5. The van der Waals surface area contributed by atoms with E-state index in [0.717, 1.165) is 37.2 Å². The van der Waals surface area contributed by atoms with E-state index in [4.69, 9.17) is 5.26 Å². The smallest absolute Gasteiger partial charge is 0.243 e. The van der Waals surface area contributed by atoms with Gasteiger partial charge >= 0.3 is 0 Å². The number of allylic oxidation sites excluding steroid dienone is 3. The molecule has 1 aromatic heterocycles. The molecule has 6 heteroatoms. The lowest BCUT2D eigenvalue weighted by molar-refractivity contribution is -0.119. The van der Waals surface area contributed by atoms with Crippen LogP contribution in [0.4, 0.5) is 11.5 Å². The first-order chi connectivity index (χ1) is 15.7. The Hall–Kier alpha value is -3.43. The fourth-order valence-electron chi connectivity index (χ4n) is 4.23. The first kappa shape index (κ1) is 21.8. The normalized spacial score (nSPS) is 18.3. The number of anilines is 2. The van der Waals surface area contributed by atoms with E-state index in [9.17, 15) is 4.79 Å². The van der Waals surface area contributed by atoms with Gasteiger partial charge in [-0.3, -0.25) is 4.79 Å². The van der Waals surface area contributed by atoms with Gasteiger partial charge in [-0.15, -0.1) is 0 Å². The fourth-order valence-corrected chi connectivity index (χ4v) is 4.23. The highest BCUT2D eigenvalue weighted by molar-refractivity contribution is 5.94. The van der Waals surface area contributed by atoms with E-state index in [1.807, 2.05) is 54.7 Å². The molecule has 4 rings (SSSR count). The summed E-state index contributed by atoms with van der Waals surface area (Å²) < 4.78 is 0. The zero-order valence-corrected chi connectivity index (χ0v) is 18.2. The Labute approximate surface area is 189 Å². The third-order valence-corrected chi connectivity index (χ3v) is 6.06. The zero-order chi connectivity index (χ0) is 22.2. The molecule has 0 saturated carbocycles. The van der Waals surface area contributed by atoms with Gasteiger partial charge in [-0.05, 0) is 62.1 Å². The van der Waals surface area contributed by atoms with Crippen molar-refractivity contribution in [3.63, 3.8) is 0 Å². The van der Waals surface area contributed by atoms with Crippen molar-refractivity contribution < 1.29 is 4.79 Å². The monoisotopic (exact) mass is 427 g/mol. The molecule has 1 aliphatic carbocycles. The lowest BCUT2D eigenvalue weighted by Gasteiger charge is -2.25. The van der Waals surface area contributed by atoms with Gasteiger partial charge in [0.05, 0.1) is 29.6 Å². The van der Waals surface area contributed by atoms with Crippen LogP contribution in [0.25, 0.3) is 0 Å². The van der Waals surface area contributed by atoms with Crippen LogP contribution in [0.3, 0.4) is 0 Å². The highest BCUT2D eigenvalue weighted by Crippen LogP contribution is 2.21. The first-order valence-corrected chi connectivity index (χ1v) is 11.3. The maximum atomic E-state index is 13.2. The minimum absolute atomic E-state index is 0.0730. The molecule has 2 heterocycles. The molecule has 1 unspecified atom stereocenters. The lowest BCUT2D eigenvalue weighted by Crippen LogP contribution is -2.46. The number of aromatic nitrogens is 1. The summed E-state index contributed by atoms with van der Waals surface area (Å²) in [5, 5.41) is 15.4. The van der Waals surface area contributed by atoms with Crippen molar-refractivity contribution >= 4 is 17.4 Å². The number of nitriles is 1. The molecule has 0 radical (unpaired) electrons. The summed E-state index contributed by atoms with van der Waals surface area (Å²) in [5.41, 5.74) is 2.90. The Balaban J connectivity index is 1.37. The van der Waals surface area contributed by atoms with Crippen molar-refractivity contribution in [2.45, 2.75) is 31.7 Å². The molecule has 2 N–H and O–H groups in total. The summed E-state index contributed by atoms with van der Waals surface area (Å²) in [6.07, 6.45) is 14.1. The predicted octanol–water partition coefficient (Wildman–Crippen LogP) is 3.83. The molecule has 2 atom stereocenters. The topological polar surface area (TPSA) is 81.0 Å². The van der Waals surface area contributed by atoms with E-state index in [1.165, 1.54) is 12.8 Å². The largest absolute Gasteiger partial charge is 0.370 e. The molecule has 2 aromatic rings. The molecule has 1 aliphatic heterocycles. The average molecular weight is 428 g/mol. The quantitative estimate of drug-likeness (QED) is 0.669. The second-order valence-electron chi connectivity index (χ2n) is 8.29. The summed E-state index contributed by atoms with van der Waals surface area (Å²) in [5.74, 6) is 0.591. The third kappa shape index (κ3) is 5.63. The van der Waals surface area contributed by atoms with Crippen LogP contribution in [0.1, 0.15) is 30.4 Å². The van der Waals surface area contributed by atoms with Crippen LogP contribution in [0, 0.1) is 17.2 Å². The number of carbonyl (C=O) groups is 1. The van der Waals surface area contributed by atoms with Crippen LogP contribution < -0.4 is 15.5 Å². The van der Waals surface area contributed by atoms with Gasteiger partial charge < -0.3 is 15.5 Å². The van der Waals surface area contributed by atoms with Crippen LogP contribution in [0.15, 0.2) is 66.9 Å². The lowest BCUT2D eigenvalue weighted by atomic mass is 9.91. The summed E-state index contributed by atoms with van der Waals surface area (Å²) in [6.45, 7) is 2.81. The number of nitrogens with one attached hydrogen (secondary N) is 2. The first-order valence-electron chi connectivity index (χ1n) is 11.3. The number of benzene rings is 1. The molecule has 1 amide bonds. The van der Waals surface area contributed by atoms with E-state index in [0.29, 0.717) is 17.9 Å². The van der Waals surface area contributed by atoms with Crippen molar-refractivity contribution in [1.82, 2.24) is 10.3 Å². The zero-order valence-electron chi connectivity index (χ0n) is 18.2. The second kappa shape index (κ2) is 10.7. The van der Waals surface area contributed by atoms with E-state index < -0.39 is 0 Å². The van der Waals surface area contributed by atoms with Crippen LogP contribution in [-0.4, -0.2) is 36.6 Å². The van der Waals surface area contributed by atoms with Gasteiger partial charge in [-0.1, -0.05) is 36.4 Å². The third-order valence-electron chi connectivity index (χ3n) is 6.06. The second-order valence-corrected chi connectivity index (χ2v) is 8.29. The van der Waals surface area contributed by atoms with Gasteiger partial charge in [-0.2, -0.15) is 5.26 Å². The van der Waals surface area contributed by atoms with E-state index >= 15 is 0 Å². The Morgan fingerprint density at radius 3 is 2.62 bits per heavy atom. The van der Waals surface area contributed by atoms with Gasteiger partial charge in [0.1, 0.15) is 5.82 Å². The van der Waals surface area contributed by atoms with Crippen molar-refractivity contribution in [2.24, 2.45) is 5.92 Å². The van der Waals surface area contributed by atoms with Crippen LogP contribution in [-0.2, 0) is 11.2 Å². The summed E-state index contributed by atoms with van der Waals surface area (Å²) in [7, 11) is 0. The van der Waals surface area contributed by atoms with Gasteiger partial charge in [0.15, 0.2) is 0 Å². The molecule has 1 fully saturated rings. The van der Waals surface area contributed by atoms with Gasteiger partial charge in [0.2, 0.25) is 5.91 Å². The summed E-state index contributed by atoms with van der Waals surface area (Å²) >= 11 is 0. The molecule has 1 aromatic carbocycles. The van der Waals surface area contributed by atoms with E-state index in [1.54, 1.807) is 0 Å². The van der Waals surface area contributed by atoms with Crippen molar-refractivity contribution in [3.8, 4) is 6.07 Å². The van der Waals surface area contributed by atoms with Gasteiger partial charge in [-0.25, -0.2) is 4.98 Å². The minimum atomic E-state index is -0.352. The molecule has 164 valence electrons. The minimum Gasteiger partial charge on any atom is -0.370 e. The maximum absolute atomic E-state index is 13.2.